The van der Waals surface area contributed by atoms with E-state index in [1.807, 2.05) is 0 Å². The van der Waals surface area contributed by atoms with Gasteiger partial charge in [0.2, 0.25) is 10.0 Å². The molecule has 6 nitrogen and oxygen atoms in total. The Hall–Kier alpha value is -2.25. The van der Waals surface area contributed by atoms with Gasteiger partial charge in [0, 0.05) is 24.8 Å². The number of hydrogen-bond donors (Lipinski definition) is 1. The highest BCUT2D eigenvalue weighted by molar-refractivity contribution is 7.89. The van der Waals surface area contributed by atoms with Gasteiger partial charge < -0.3 is 5.32 Å². The van der Waals surface area contributed by atoms with Crippen molar-refractivity contribution in [3.8, 4) is 0 Å². The lowest BCUT2D eigenvalue weighted by atomic mass is 10.2. The zero-order chi connectivity index (χ0) is 16.3. The highest BCUT2D eigenvalue weighted by Gasteiger charge is 2.27. The molecule has 1 amide bonds. The molecule has 0 atom stereocenters. The van der Waals surface area contributed by atoms with Crippen LogP contribution >= 0.6 is 0 Å². The maximum Gasteiger partial charge on any atom is 0.255 e. The van der Waals surface area contributed by atoms with Crippen LogP contribution in [0.15, 0.2) is 53.7 Å². The van der Waals surface area contributed by atoms with Crippen molar-refractivity contribution in [2.24, 2.45) is 0 Å². The molecule has 2 aromatic rings. The molecule has 1 N–H and O–H groups in total. The number of nitrogens with one attached hydrogen (secondary N) is 1. The number of anilines is 1. The minimum Gasteiger partial charge on any atom is -0.321 e. The SMILES string of the molecule is O=C(Nc1cccnc1)c1ccc(S(=O)(=O)N2CCCC2)cc1. The Labute approximate surface area is 135 Å². The fourth-order valence-electron chi connectivity index (χ4n) is 2.50. The van der Waals surface area contributed by atoms with Gasteiger partial charge in [-0.05, 0) is 49.2 Å². The van der Waals surface area contributed by atoms with Crippen LogP contribution in [-0.2, 0) is 10.0 Å². The van der Waals surface area contributed by atoms with Crippen molar-refractivity contribution in [2.45, 2.75) is 17.7 Å². The van der Waals surface area contributed by atoms with Crippen molar-refractivity contribution < 1.29 is 13.2 Å². The number of sulfonamides is 1. The Morgan fingerprint density at radius 1 is 1.09 bits per heavy atom. The normalized spacial score (nSPS) is 15.5. The molecule has 3 rings (SSSR count). The predicted octanol–water partition coefficient (Wildman–Crippen LogP) is 2.12. The third-order valence-corrected chi connectivity index (χ3v) is 5.65. The number of benzene rings is 1. The third kappa shape index (κ3) is 3.40. The number of pyridine rings is 1. The molecular formula is C16H17N3O3S. The Kier molecular flexibility index (Phi) is 4.40. The average Bonchev–Trinajstić information content (AvgIpc) is 3.11. The predicted molar refractivity (Wildman–Crippen MR) is 86.6 cm³/mol. The molecular weight excluding hydrogens is 314 g/mol. The molecule has 1 fully saturated rings. The number of aromatic nitrogens is 1. The molecule has 1 saturated heterocycles. The molecule has 23 heavy (non-hydrogen) atoms. The number of amides is 1. The standard InChI is InChI=1S/C16H17N3O3S/c20-16(18-14-4-3-9-17-12-14)13-5-7-15(8-6-13)23(21,22)19-10-1-2-11-19/h3-9,12H,1-2,10-11H2,(H,18,20). The molecule has 0 spiro atoms. The number of hydrogen-bond acceptors (Lipinski definition) is 4. The largest absolute Gasteiger partial charge is 0.321 e. The van der Waals surface area contributed by atoms with Crippen LogP contribution in [0.25, 0.3) is 0 Å². The average molecular weight is 331 g/mol. The zero-order valence-corrected chi connectivity index (χ0v) is 13.3. The molecule has 7 heteroatoms. The van der Waals surface area contributed by atoms with Gasteiger partial charge in [-0.15, -0.1) is 0 Å². The summed E-state index contributed by atoms with van der Waals surface area (Å²) in [5.41, 5.74) is 0.987. The van der Waals surface area contributed by atoms with Crippen LogP contribution in [0.3, 0.4) is 0 Å². The van der Waals surface area contributed by atoms with Crippen molar-refractivity contribution in [3.05, 3.63) is 54.4 Å². The summed E-state index contributed by atoms with van der Waals surface area (Å²) in [7, 11) is -3.45. The van der Waals surface area contributed by atoms with Gasteiger partial charge in [-0.25, -0.2) is 8.42 Å². The van der Waals surface area contributed by atoms with E-state index in [4.69, 9.17) is 0 Å². The second-order valence-corrected chi connectivity index (χ2v) is 7.27. The van der Waals surface area contributed by atoms with E-state index < -0.39 is 10.0 Å². The molecule has 0 radical (unpaired) electrons. The fraction of sp³-hybridized carbons (Fsp3) is 0.250. The maximum atomic E-state index is 12.4. The van der Waals surface area contributed by atoms with E-state index in [2.05, 4.69) is 10.3 Å². The number of nitrogens with zero attached hydrogens (tertiary/aromatic N) is 2. The van der Waals surface area contributed by atoms with E-state index in [-0.39, 0.29) is 10.8 Å². The van der Waals surface area contributed by atoms with E-state index in [0.717, 1.165) is 12.8 Å². The van der Waals surface area contributed by atoms with Crippen LogP contribution in [0, 0.1) is 0 Å². The van der Waals surface area contributed by atoms with Crippen LogP contribution in [0.1, 0.15) is 23.2 Å². The monoisotopic (exact) mass is 331 g/mol. The van der Waals surface area contributed by atoms with E-state index in [9.17, 15) is 13.2 Å². The summed E-state index contributed by atoms with van der Waals surface area (Å²) >= 11 is 0. The van der Waals surface area contributed by atoms with Gasteiger partial charge in [0.25, 0.3) is 5.91 Å². The first-order chi connectivity index (χ1) is 11.1. The first kappa shape index (κ1) is 15.6. The molecule has 0 aliphatic carbocycles. The minimum absolute atomic E-state index is 0.220. The molecule has 1 aliphatic rings. The van der Waals surface area contributed by atoms with Crippen LogP contribution < -0.4 is 5.32 Å². The van der Waals surface area contributed by atoms with E-state index >= 15 is 0 Å². The van der Waals surface area contributed by atoms with E-state index in [1.54, 1.807) is 24.5 Å². The van der Waals surface area contributed by atoms with Crippen molar-refractivity contribution in [2.75, 3.05) is 18.4 Å². The lowest BCUT2D eigenvalue weighted by Crippen LogP contribution is -2.27. The smallest absolute Gasteiger partial charge is 0.255 e. The van der Waals surface area contributed by atoms with Gasteiger partial charge in [0.15, 0.2) is 0 Å². The van der Waals surface area contributed by atoms with Gasteiger partial charge in [-0.2, -0.15) is 4.31 Å². The number of rotatable bonds is 4. The summed E-state index contributed by atoms with van der Waals surface area (Å²) in [6, 6.07) is 9.46. The molecule has 2 heterocycles. The molecule has 1 aromatic carbocycles. The third-order valence-electron chi connectivity index (χ3n) is 3.74. The summed E-state index contributed by atoms with van der Waals surface area (Å²) in [5, 5.41) is 2.71. The summed E-state index contributed by atoms with van der Waals surface area (Å²) in [4.78, 5) is 16.3. The van der Waals surface area contributed by atoms with E-state index in [0.29, 0.717) is 24.3 Å². The lowest BCUT2D eigenvalue weighted by molar-refractivity contribution is 0.102. The Morgan fingerprint density at radius 2 is 1.78 bits per heavy atom. The van der Waals surface area contributed by atoms with Crippen molar-refractivity contribution in [3.63, 3.8) is 0 Å². The highest BCUT2D eigenvalue weighted by atomic mass is 32.2. The molecule has 0 bridgehead atoms. The number of carbonyl (C=O) groups excluding carboxylic acids is 1. The van der Waals surface area contributed by atoms with Gasteiger partial charge in [0.05, 0.1) is 16.8 Å². The topological polar surface area (TPSA) is 79.4 Å². The molecule has 120 valence electrons. The molecule has 1 aliphatic heterocycles. The summed E-state index contributed by atoms with van der Waals surface area (Å²) in [6.45, 7) is 1.12. The van der Waals surface area contributed by atoms with Crippen molar-refractivity contribution >= 4 is 21.6 Å². The second kappa shape index (κ2) is 6.47. The van der Waals surface area contributed by atoms with Gasteiger partial charge >= 0.3 is 0 Å². The summed E-state index contributed by atoms with van der Waals surface area (Å²) < 4.78 is 26.3. The Balaban J connectivity index is 1.75. The van der Waals surface area contributed by atoms with E-state index in [1.165, 1.54) is 28.6 Å². The van der Waals surface area contributed by atoms with Gasteiger partial charge in [-0.1, -0.05) is 0 Å². The molecule has 1 aromatic heterocycles. The first-order valence-corrected chi connectivity index (χ1v) is 8.83. The summed E-state index contributed by atoms with van der Waals surface area (Å²) in [5.74, 6) is -0.303. The van der Waals surface area contributed by atoms with Gasteiger partial charge in [0.1, 0.15) is 0 Å². The Bertz CT molecular complexity index is 783. The van der Waals surface area contributed by atoms with Gasteiger partial charge in [-0.3, -0.25) is 9.78 Å². The Morgan fingerprint density at radius 3 is 2.39 bits per heavy atom. The quantitative estimate of drug-likeness (QED) is 0.931. The van der Waals surface area contributed by atoms with Crippen molar-refractivity contribution in [1.29, 1.82) is 0 Å². The fourth-order valence-corrected chi connectivity index (χ4v) is 4.01. The summed E-state index contributed by atoms with van der Waals surface area (Å²) in [6.07, 6.45) is 4.95. The first-order valence-electron chi connectivity index (χ1n) is 7.39. The minimum atomic E-state index is -3.45. The molecule has 0 unspecified atom stereocenters. The lowest BCUT2D eigenvalue weighted by Gasteiger charge is -2.15. The van der Waals surface area contributed by atoms with Crippen LogP contribution in [0.4, 0.5) is 5.69 Å². The van der Waals surface area contributed by atoms with Crippen LogP contribution in [0.5, 0.6) is 0 Å². The maximum absolute atomic E-state index is 12.4. The number of carbonyl (C=O) groups is 1. The van der Waals surface area contributed by atoms with Crippen LogP contribution in [0.2, 0.25) is 0 Å². The van der Waals surface area contributed by atoms with Crippen LogP contribution in [-0.4, -0.2) is 36.7 Å². The second-order valence-electron chi connectivity index (χ2n) is 5.33. The highest BCUT2D eigenvalue weighted by Crippen LogP contribution is 2.21. The van der Waals surface area contributed by atoms with Crippen molar-refractivity contribution in [1.82, 2.24) is 9.29 Å². The zero-order valence-electron chi connectivity index (χ0n) is 12.5. The molecule has 0 saturated carbocycles.